The van der Waals surface area contributed by atoms with Crippen LogP contribution in [0.4, 0.5) is 0 Å². The van der Waals surface area contributed by atoms with Crippen molar-refractivity contribution in [2.75, 3.05) is 105 Å². The van der Waals surface area contributed by atoms with Gasteiger partial charge in [0.25, 0.3) is 0 Å². The summed E-state index contributed by atoms with van der Waals surface area (Å²) >= 11 is 0. The van der Waals surface area contributed by atoms with Crippen LogP contribution in [-0.2, 0) is 57.2 Å². The molecule has 0 aliphatic carbocycles. The van der Waals surface area contributed by atoms with Crippen LogP contribution in [0.15, 0.2) is 146 Å². The second-order valence-electron chi connectivity index (χ2n) is 31.7. The number of unbranched alkanes of at least 4 members (excludes halogenated alkanes) is 24. The molecule has 1 heterocycles. The van der Waals surface area contributed by atoms with Crippen LogP contribution in [0.1, 0.15) is 350 Å². The summed E-state index contributed by atoms with van der Waals surface area (Å²) in [6.07, 6.45) is 99.0. The van der Waals surface area contributed by atoms with Crippen molar-refractivity contribution < 1.29 is 57.2 Å². The number of ether oxygens (including phenoxy) is 6. The molecule has 0 aromatic heterocycles. The molecule has 0 aromatic carbocycles. The number of hydrogen-bond donors (Lipinski definition) is 0. The van der Waals surface area contributed by atoms with Crippen molar-refractivity contribution >= 4 is 35.8 Å². The van der Waals surface area contributed by atoms with Crippen molar-refractivity contribution in [1.29, 1.82) is 0 Å². The fourth-order valence-corrected chi connectivity index (χ4v) is 13.8. The Morgan fingerprint density at radius 1 is 0.237 bits per heavy atom. The van der Waals surface area contributed by atoms with Gasteiger partial charge in [0.2, 0.25) is 0 Å². The summed E-state index contributed by atoms with van der Waals surface area (Å²) in [5.41, 5.74) is 0. The summed E-state index contributed by atoms with van der Waals surface area (Å²) in [4.78, 5) is 87.0. The molecule has 118 heavy (non-hydrogen) atoms. The zero-order valence-electron chi connectivity index (χ0n) is 76.0. The van der Waals surface area contributed by atoms with Gasteiger partial charge in [-0.1, -0.05) is 276 Å². The van der Waals surface area contributed by atoms with E-state index in [4.69, 9.17) is 28.4 Å². The second kappa shape index (κ2) is 86.9. The van der Waals surface area contributed by atoms with Gasteiger partial charge in [-0.05, 0) is 194 Å². The third kappa shape index (κ3) is 76.9. The van der Waals surface area contributed by atoms with Crippen LogP contribution < -0.4 is 0 Å². The molecule has 0 spiro atoms. The highest BCUT2D eigenvalue weighted by molar-refractivity contribution is 5.71. The molecule has 0 bridgehead atoms. The van der Waals surface area contributed by atoms with E-state index < -0.39 is 0 Å². The Labute approximate surface area is 721 Å². The Hall–Kier alpha value is -6.46. The molecule has 2 unspecified atom stereocenters. The normalized spacial score (nSPS) is 14.7. The largest absolute Gasteiger partial charge is 0.466 e. The summed E-state index contributed by atoms with van der Waals surface area (Å²) in [6, 6.07) is 0.380. The highest BCUT2D eigenvalue weighted by atomic mass is 16.6. The van der Waals surface area contributed by atoms with Crippen LogP contribution in [0.3, 0.4) is 0 Å². The van der Waals surface area contributed by atoms with Crippen LogP contribution in [0.2, 0.25) is 0 Å². The van der Waals surface area contributed by atoms with Crippen LogP contribution in [0, 0.1) is 0 Å². The first-order chi connectivity index (χ1) is 57.9. The Balaban J connectivity index is 2.63. The molecule has 0 radical (unpaired) electrons. The van der Waals surface area contributed by atoms with Crippen LogP contribution in [0.25, 0.3) is 0 Å². The first kappa shape index (κ1) is 110. The van der Waals surface area contributed by atoms with Gasteiger partial charge in [-0.25, -0.2) is 0 Å². The first-order valence-corrected chi connectivity index (χ1v) is 47.6. The van der Waals surface area contributed by atoms with Gasteiger partial charge >= 0.3 is 35.8 Å². The van der Waals surface area contributed by atoms with Gasteiger partial charge in [0, 0.05) is 77.3 Å². The molecule has 16 heteroatoms. The van der Waals surface area contributed by atoms with Gasteiger partial charge in [0.15, 0.2) is 0 Å². The average Bonchev–Trinajstić information content (AvgIpc) is 0.844. The van der Waals surface area contributed by atoms with Gasteiger partial charge in [0.05, 0.1) is 52.1 Å². The molecule has 1 saturated heterocycles. The standard InChI is InChI=1S/C102H172N4O12/c1-7-11-15-19-23-27-31-35-39-43-47-51-55-59-63-67-87-113-99(109)75-81-103(82-76-100(110)114-88-68-64-60-56-52-48-44-40-36-32-28-24-20-16-12-8-2)79-71-73-97(107)117-91-85-105-93-96(6)106(94-95(105)5)86-92-118-98(108)74-72-80-104(83-77-101(111)115-89-69-65-61-57-53-49-45-41-37-33-29-25-21-17-13-9-3)84-78-102(112)116-90-70-66-62-58-54-50-46-42-38-34-30-26-22-18-14-10-4/h11-18,23-30,35-42,95-96H,7-10,19-22,31-34,43-94H2,1-6H3/b15-11-,16-12-,17-13-,18-14-,27-23-,28-24-,29-25-,30-26-,39-35-,40-36-,41-37-,42-38-. The maximum Gasteiger partial charge on any atom is 0.307 e. The van der Waals surface area contributed by atoms with Crippen molar-refractivity contribution in [3.05, 3.63) is 146 Å². The monoisotopic (exact) mass is 1650 g/mol. The van der Waals surface area contributed by atoms with Crippen LogP contribution >= 0.6 is 0 Å². The van der Waals surface area contributed by atoms with Crippen molar-refractivity contribution in [2.24, 2.45) is 0 Å². The molecule has 0 N–H and O–H groups in total. The molecule has 1 rings (SSSR count). The Bertz CT molecular complexity index is 2450. The number of esters is 6. The van der Waals surface area contributed by atoms with E-state index in [-0.39, 0.29) is 99.6 Å². The predicted octanol–water partition coefficient (Wildman–Crippen LogP) is 24.7. The predicted molar refractivity (Wildman–Crippen MR) is 495 cm³/mol. The molecule has 0 aromatic rings. The fourth-order valence-electron chi connectivity index (χ4n) is 13.8. The minimum absolute atomic E-state index is 0.190. The number of carbonyl (C=O) groups is 6. The van der Waals surface area contributed by atoms with E-state index >= 15 is 0 Å². The molecular formula is C102H172N4O12. The number of carbonyl (C=O) groups excluding carboxylic acids is 6. The highest BCUT2D eigenvalue weighted by Crippen LogP contribution is 2.18. The highest BCUT2D eigenvalue weighted by Gasteiger charge is 2.29. The summed E-state index contributed by atoms with van der Waals surface area (Å²) in [7, 11) is 0. The van der Waals surface area contributed by atoms with Gasteiger partial charge in [-0.15, -0.1) is 0 Å². The van der Waals surface area contributed by atoms with Crippen molar-refractivity contribution in [1.82, 2.24) is 19.6 Å². The zero-order valence-corrected chi connectivity index (χ0v) is 76.0. The molecule has 1 fully saturated rings. The minimum Gasteiger partial charge on any atom is -0.466 e. The van der Waals surface area contributed by atoms with Gasteiger partial charge < -0.3 is 38.2 Å². The van der Waals surface area contributed by atoms with E-state index in [1.165, 1.54) is 77.0 Å². The number of nitrogens with zero attached hydrogens (tertiary/aromatic N) is 4. The minimum atomic E-state index is -0.272. The van der Waals surface area contributed by atoms with Crippen molar-refractivity contribution in [3.8, 4) is 0 Å². The van der Waals surface area contributed by atoms with Gasteiger partial charge in [-0.3, -0.25) is 38.6 Å². The lowest BCUT2D eigenvalue weighted by Crippen LogP contribution is -2.57. The summed E-state index contributed by atoms with van der Waals surface area (Å²) in [6.45, 7) is 20.6. The molecule has 2 atom stereocenters. The van der Waals surface area contributed by atoms with Gasteiger partial charge in [0.1, 0.15) is 13.2 Å². The van der Waals surface area contributed by atoms with E-state index in [0.29, 0.717) is 91.6 Å². The lowest BCUT2D eigenvalue weighted by Gasteiger charge is -2.44. The summed E-state index contributed by atoms with van der Waals surface area (Å²) in [5, 5.41) is 0. The molecule has 16 nitrogen and oxygen atoms in total. The van der Waals surface area contributed by atoms with Crippen LogP contribution in [-0.4, -0.2) is 173 Å². The smallest absolute Gasteiger partial charge is 0.307 e. The number of rotatable bonds is 82. The number of hydrogen-bond acceptors (Lipinski definition) is 16. The molecule has 1 aliphatic heterocycles. The summed E-state index contributed by atoms with van der Waals surface area (Å²) < 4.78 is 34.2. The Morgan fingerprint density at radius 2 is 0.432 bits per heavy atom. The maximum atomic E-state index is 13.2. The fraction of sp³-hybridized carbons (Fsp3) is 0.706. The Kier molecular flexibility index (Phi) is 80.7. The third-order valence-corrected chi connectivity index (χ3v) is 21.0. The molecule has 1 aliphatic rings. The number of allylic oxidation sites excluding steroid dienone is 24. The van der Waals surface area contributed by atoms with E-state index in [1.54, 1.807) is 0 Å². The SMILES string of the molecule is CC/C=C\C/C=C\C/C=C\CCCCCCCCOC(=O)CCN(CCCC(=O)OCCN1CC(C)N(CCOC(=O)CCCN(CCC(=O)OCCCCCCCC/C=C\C/C=C\C/C=C\CC)CCC(=O)OCCCCCCCC/C=C\C/C=C\C/C=C\CC)CC1C)CCC(=O)OCCCCCCCC/C=C\C/C=C\C/C=C\CC. The van der Waals surface area contributed by atoms with Crippen molar-refractivity contribution in [2.45, 2.75) is 362 Å². The molecular weight excluding hydrogens is 1470 g/mol. The topological polar surface area (TPSA) is 171 Å². The van der Waals surface area contributed by atoms with Crippen LogP contribution in [0.5, 0.6) is 0 Å². The lowest BCUT2D eigenvalue weighted by molar-refractivity contribution is -0.146. The van der Waals surface area contributed by atoms with Gasteiger partial charge in [-0.2, -0.15) is 0 Å². The number of piperazine rings is 1. The second-order valence-corrected chi connectivity index (χ2v) is 31.7. The molecule has 0 amide bonds. The first-order valence-electron chi connectivity index (χ1n) is 47.6. The quantitative estimate of drug-likeness (QED) is 0.0244. The van der Waals surface area contributed by atoms with E-state index in [2.05, 4.69) is 207 Å². The van der Waals surface area contributed by atoms with E-state index in [1.807, 2.05) is 0 Å². The van der Waals surface area contributed by atoms with E-state index in [9.17, 15) is 28.8 Å². The third-order valence-electron chi connectivity index (χ3n) is 21.0. The van der Waals surface area contributed by atoms with Crippen molar-refractivity contribution in [3.63, 3.8) is 0 Å². The average molecular weight is 1650 g/mol. The maximum absolute atomic E-state index is 13.2. The lowest BCUT2D eigenvalue weighted by atomic mass is 10.1. The molecule has 0 saturated carbocycles. The summed E-state index contributed by atoms with van der Waals surface area (Å²) in [5.74, 6) is -1.54. The molecule has 672 valence electrons. The Morgan fingerprint density at radius 3 is 0.669 bits per heavy atom. The van der Waals surface area contributed by atoms with E-state index in [0.717, 1.165) is 193 Å². The zero-order chi connectivity index (χ0) is 85.4.